The van der Waals surface area contributed by atoms with Gasteiger partial charge in [0.05, 0.1) is 12.0 Å². The van der Waals surface area contributed by atoms with Gasteiger partial charge in [-0.1, -0.05) is 35.9 Å². The van der Waals surface area contributed by atoms with Crippen LogP contribution in [0.15, 0.2) is 46.0 Å². The molecule has 1 saturated heterocycles. The highest BCUT2D eigenvalue weighted by molar-refractivity contribution is 7.91. The van der Waals surface area contributed by atoms with Gasteiger partial charge >= 0.3 is 0 Å². The van der Waals surface area contributed by atoms with Crippen molar-refractivity contribution in [3.8, 4) is 0 Å². The van der Waals surface area contributed by atoms with Gasteiger partial charge in [0, 0.05) is 13.1 Å². The van der Waals surface area contributed by atoms with Crippen LogP contribution in [0.3, 0.4) is 0 Å². The molecule has 2 atom stereocenters. The lowest BCUT2D eigenvalue weighted by molar-refractivity contribution is -0.126. The van der Waals surface area contributed by atoms with Crippen molar-refractivity contribution in [3.05, 3.63) is 52.9 Å². The summed E-state index contributed by atoms with van der Waals surface area (Å²) < 4.78 is 27.2. The number of carbonyl (C=O) groups is 1. The highest BCUT2D eigenvalue weighted by atomic mass is 32.2. The van der Waals surface area contributed by atoms with Gasteiger partial charge in [-0.25, -0.2) is 8.42 Å². The standard InChI is InChI=1S/C19H24N2O3S2/c1-14-7-9-16(10-8-14)15(2)20-19(22)17-5-3-11-21(13-17)26(23,24)18-6-4-12-25-18/h4,6-10,12,15,17H,3,5,11,13H2,1-2H3,(H,20,22). The summed E-state index contributed by atoms with van der Waals surface area (Å²) in [4.78, 5) is 12.7. The number of nitrogens with zero attached hydrogens (tertiary/aromatic N) is 1. The predicted octanol–water partition coefficient (Wildman–Crippen LogP) is 3.33. The predicted molar refractivity (Wildman–Crippen MR) is 104 cm³/mol. The number of piperidine rings is 1. The molecule has 0 bridgehead atoms. The number of hydrogen-bond acceptors (Lipinski definition) is 4. The van der Waals surface area contributed by atoms with Crippen LogP contribution in [0.25, 0.3) is 0 Å². The lowest BCUT2D eigenvalue weighted by atomic mass is 9.97. The zero-order valence-electron chi connectivity index (χ0n) is 15.0. The summed E-state index contributed by atoms with van der Waals surface area (Å²) in [5.41, 5.74) is 2.22. The first-order valence-corrected chi connectivity index (χ1v) is 11.1. The molecule has 5 nitrogen and oxygen atoms in total. The fourth-order valence-electron chi connectivity index (χ4n) is 3.18. The average molecular weight is 393 g/mol. The summed E-state index contributed by atoms with van der Waals surface area (Å²) in [6.45, 7) is 4.69. The van der Waals surface area contributed by atoms with Crippen molar-refractivity contribution in [2.75, 3.05) is 13.1 Å². The Labute approximate surface area is 159 Å². The van der Waals surface area contributed by atoms with Gasteiger partial charge in [0.1, 0.15) is 4.21 Å². The minimum Gasteiger partial charge on any atom is -0.349 e. The third kappa shape index (κ3) is 4.16. The summed E-state index contributed by atoms with van der Waals surface area (Å²) in [7, 11) is -3.50. The van der Waals surface area contributed by atoms with Gasteiger partial charge in [-0.15, -0.1) is 11.3 Å². The van der Waals surface area contributed by atoms with E-state index in [2.05, 4.69) is 5.32 Å². The Balaban J connectivity index is 1.65. The normalized spacial score (nSPS) is 19.8. The molecular formula is C19H24N2O3S2. The molecule has 0 saturated carbocycles. The van der Waals surface area contributed by atoms with Gasteiger partial charge in [-0.05, 0) is 43.7 Å². The maximum absolute atomic E-state index is 12.7. The molecule has 1 N–H and O–H groups in total. The second-order valence-electron chi connectivity index (χ2n) is 6.78. The molecular weight excluding hydrogens is 368 g/mol. The van der Waals surface area contributed by atoms with Crippen LogP contribution in [0.1, 0.15) is 36.9 Å². The first-order valence-electron chi connectivity index (χ1n) is 8.78. The Morgan fingerprint density at radius 1 is 1.27 bits per heavy atom. The summed E-state index contributed by atoms with van der Waals surface area (Å²) in [5.74, 6) is -0.393. The van der Waals surface area contributed by atoms with E-state index in [1.165, 1.54) is 21.2 Å². The number of amides is 1. The highest BCUT2D eigenvalue weighted by Crippen LogP contribution is 2.27. The number of aryl methyl sites for hydroxylation is 1. The number of rotatable bonds is 5. The van der Waals surface area contributed by atoms with E-state index in [0.717, 1.165) is 5.56 Å². The van der Waals surface area contributed by atoms with E-state index in [-0.39, 0.29) is 24.4 Å². The van der Waals surface area contributed by atoms with E-state index in [1.54, 1.807) is 17.5 Å². The van der Waals surface area contributed by atoms with Gasteiger partial charge in [0.25, 0.3) is 10.0 Å². The Bertz CT molecular complexity index is 845. The molecule has 0 radical (unpaired) electrons. The van der Waals surface area contributed by atoms with Crippen LogP contribution in [-0.2, 0) is 14.8 Å². The summed E-state index contributed by atoms with van der Waals surface area (Å²) >= 11 is 1.21. The topological polar surface area (TPSA) is 66.5 Å². The Hall–Kier alpha value is -1.70. The van der Waals surface area contributed by atoms with Gasteiger partial charge in [0.15, 0.2) is 0 Å². The number of carbonyl (C=O) groups excluding carboxylic acids is 1. The van der Waals surface area contributed by atoms with Crippen molar-refractivity contribution >= 4 is 27.3 Å². The smallest absolute Gasteiger partial charge is 0.252 e. The first-order chi connectivity index (χ1) is 12.4. The lowest BCUT2D eigenvalue weighted by Gasteiger charge is -2.31. The SMILES string of the molecule is Cc1ccc(C(C)NC(=O)C2CCCN(S(=O)(=O)c3cccs3)C2)cc1. The quantitative estimate of drug-likeness (QED) is 0.849. The maximum atomic E-state index is 12.7. The molecule has 0 aliphatic carbocycles. The van der Waals surface area contributed by atoms with Crippen LogP contribution in [0, 0.1) is 12.8 Å². The molecule has 1 aromatic heterocycles. The van der Waals surface area contributed by atoms with Crippen LogP contribution in [0.2, 0.25) is 0 Å². The zero-order chi connectivity index (χ0) is 18.7. The molecule has 2 heterocycles. The number of nitrogens with one attached hydrogen (secondary N) is 1. The van der Waals surface area contributed by atoms with Gasteiger partial charge < -0.3 is 5.32 Å². The molecule has 0 spiro atoms. The van der Waals surface area contributed by atoms with Crippen molar-refractivity contribution in [3.63, 3.8) is 0 Å². The lowest BCUT2D eigenvalue weighted by Crippen LogP contribution is -2.45. The largest absolute Gasteiger partial charge is 0.349 e. The summed E-state index contributed by atoms with van der Waals surface area (Å²) in [6, 6.07) is 11.3. The van der Waals surface area contributed by atoms with Crippen LogP contribution in [-0.4, -0.2) is 31.7 Å². The number of thiophene rings is 1. The summed E-state index contributed by atoms with van der Waals surface area (Å²) in [5, 5.41) is 4.79. The molecule has 1 aromatic carbocycles. The van der Waals surface area contributed by atoms with E-state index in [0.29, 0.717) is 23.6 Å². The van der Waals surface area contributed by atoms with Crippen molar-refractivity contribution in [2.45, 2.75) is 36.9 Å². The van der Waals surface area contributed by atoms with Crippen LogP contribution in [0.5, 0.6) is 0 Å². The Morgan fingerprint density at radius 2 is 2.00 bits per heavy atom. The third-order valence-corrected chi connectivity index (χ3v) is 8.02. The van der Waals surface area contributed by atoms with E-state index >= 15 is 0 Å². The zero-order valence-corrected chi connectivity index (χ0v) is 16.6. The van der Waals surface area contributed by atoms with E-state index < -0.39 is 10.0 Å². The molecule has 2 unspecified atom stereocenters. The van der Waals surface area contributed by atoms with E-state index in [1.807, 2.05) is 38.1 Å². The maximum Gasteiger partial charge on any atom is 0.252 e. The number of benzene rings is 1. The Morgan fingerprint density at radius 3 is 2.65 bits per heavy atom. The summed E-state index contributed by atoms with van der Waals surface area (Å²) in [6.07, 6.45) is 1.41. The number of sulfonamides is 1. The second kappa shape index (κ2) is 7.90. The van der Waals surface area contributed by atoms with E-state index in [9.17, 15) is 13.2 Å². The molecule has 1 aliphatic heterocycles. The minimum atomic E-state index is -3.50. The molecule has 26 heavy (non-hydrogen) atoms. The second-order valence-corrected chi connectivity index (χ2v) is 9.89. The van der Waals surface area contributed by atoms with Gasteiger partial charge in [0.2, 0.25) is 5.91 Å². The fraction of sp³-hybridized carbons (Fsp3) is 0.421. The fourth-order valence-corrected chi connectivity index (χ4v) is 5.85. The highest BCUT2D eigenvalue weighted by Gasteiger charge is 2.34. The average Bonchev–Trinajstić information content (AvgIpc) is 3.18. The number of hydrogen-bond donors (Lipinski definition) is 1. The van der Waals surface area contributed by atoms with Crippen molar-refractivity contribution in [1.82, 2.24) is 9.62 Å². The minimum absolute atomic E-state index is 0.0795. The molecule has 1 aliphatic rings. The van der Waals surface area contributed by atoms with Crippen molar-refractivity contribution in [1.29, 1.82) is 0 Å². The molecule has 7 heteroatoms. The molecule has 3 rings (SSSR count). The van der Waals surface area contributed by atoms with Gasteiger partial charge in [-0.3, -0.25) is 4.79 Å². The molecule has 2 aromatic rings. The van der Waals surface area contributed by atoms with Crippen LogP contribution >= 0.6 is 11.3 Å². The van der Waals surface area contributed by atoms with Crippen molar-refractivity contribution in [2.24, 2.45) is 5.92 Å². The van der Waals surface area contributed by atoms with Gasteiger partial charge in [-0.2, -0.15) is 4.31 Å². The molecule has 140 valence electrons. The van der Waals surface area contributed by atoms with Crippen LogP contribution < -0.4 is 5.32 Å². The molecule has 1 amide bonds. The van der Waals surface area contributed by atoms with Crippen LogP contribution in [0.4, 0.5) is 0 Å². The monoisotopic (exact) mass is 392 g/mol. The third-order valence-electron chi connectivity index (χ3n) is 4.78. The van der Waals surface area contributed by atoms with E-state index in [4.69, 9.17) is 0 Å². The van der Waals surface area contributed by atoms with Crippen molar-refractivity contribution < 1.29 is 13.2 Å². The molecule has 1 fully saturated rings. The first kappa shape index (κ1) is 19.1. The Kier molecular flexibility index (Phi) is 5.79.